The maximum atomic E-state index is 13.6. The van der Waals surface area contributed by atoms with Gasteiger partial charge in [0.1, 0.15) is 18.0 Å². The summed E-state index contributed by atoms with van der Waals surface area (Å²) in [5.41, 5.74) is 4.82. The van der Waals surface area contributed by atoms with E-state index >= 15 is 0 Å². The molecule has 1 amide bonds. The van der Waals surface area contributed by atoms with Crippen LogP contribution in [-0.4, -0.2) is 44.6 Å². The Balaban J connectivity index is 1.38. The Morgan fingerprint density at radius 3 is 2.82 bits per heavy atom. The molecule has 0 bridgehead atoms. The SMILES string of the molecule is COc1cc2ncnc(Nc3ccc4c(cnn4Cc4cccc(F)c4)c3)c2cc1OCCCC(=O)NO. The lowest BCUT2D eigenvalue weighted by atomic mass is 10.2. The van der Waals surface area contributed by atoms with Crippen molar-refractivity contribution in [2.24, 2.45) is 0 Å². The summed E-state index contributed by atoms with van der Waals surface area (Å²) >= 11 is 0. The van der Waals surface area contributed by atoms with Crippen LogP contribution in [0.2, 0.25) is 0 Å². The first-order valence-electron chi connectivity index (χ1n) is 11.9. The van der Waals surface area contributed by atoms with Gasteiger partial charge in [-0.2, -0.15) is 5.10 Å². The van der Waals surface area contributed by atoms with Crippen LogP contribution in [0, 0.1) is 5.82 Å². The molecule has 0 radical (unpaired) electrons. The number of nitrogens with one attached hydrogen (secondary N) is 2. The van der Waals surface area contributed by atoms with Crippen molar-refractivity contribution in [1.29, 1.82) is 0 Å². The number of ether oxygens (including phenoxy) is 2. The number of hydrogen-bond acceptors (Lipinski definition) is 8. The summed E-state index contributed by atoms with van der Waals surface area (Å²) in [7, 11) is 1.54. The molecule has 2 aromatic heterocycles. The Kier molecular flexibility index (Phi) is 7.27. The number of benzene rings is 3. The maximum Gasteiger partial charge on any atom is 0.243 e. The number of anilines is 2. The van der Waals surface area contributed by atoms with Crippen molar-refractivity contribution in [2.45, 2.75) is 19.4 Å². The minimum absolute atomic E-state index is 0.129. The number of hydroxylamine groups is 1. The molecule has 194 valence electrons. The standard InChI is InChI=1S/C27H25FN6O4/c1-37-24-13-22-21(12-25(24)38-9-3-6-26(35)33-36)27(30-16-29-22)32-20-7-8-23-18(11-20)14-31-34(23)15-17-4-2-5-19(28)10-17/h2,4-5,7-8,10-14,16,36H,3,6,9,15H2,1H3,(H,33,35)(H,29,30,32). The highest BCUT2D eigenvalue weighted by Gasteiger charge is 2.13. The molecule has 38 heavy (non-hydrogen) atoms. The van der Waals surface area contributed by atoms with Crippen LogP contribution in [0.5, 0.6) is 11.5 Å². The summed E-state index contributed by atoms with van der Waals surface area (Å²) in [5.74, 6) is 0.809. The number of fused-ring (bicyclic) bond motifs is 2. The number of carbonyl (C=O) groups excluding carboxylic acids is 1. The first kappa shape index (κ1) is 24.9. The second kappa shape index (κ2) is 11.1. The van der Waals surface area contributed by atoms with Crippen molar-refractivity contribution >= 4 is 39.2 Å². The third-order valence-corrected chi connectivity index (χ3v) is 5.98. The molecule has 5 aromatic rings. The highest BCUT2D eigenvalue weighted by molar-refractivity contribution is 5.94. The molecule has 0 saturated carbocycles. The number of rotatable bonds is 10. The van der Waals surface area contributed by atoms with Gasteiger partial charge < -0.3 is 14.8 Å². The van der Waals surface area contributed by atoms with Gasteiger partial charge in [-0.1, -0.05) is 12.1 Å². The second-order valence-electron chi connectivity index (χ2n) is 8.56. The number of hydrogen-bond donors (Lipinski definition) is 3. The average Bonchev–Trinajstić information content (AvgIpc) is 3.32. The Morgan fingerprint density at radius 2 is 2.00 bits per heavy atom. The Morgan fingerprint density at radius 1 is 1.11 bits per heavy atom. The lowest BCUT2D eigenvalue weighted by Crippen LogP contribution is -2.18. The zero-order valence-corrected chi connectivity index (χ0v) is 20.5. The summed E-state index contributed by atoms with van der Waals surface area (Å²) in [4.78, 5) is 20.0. The van der Waals surface area contributed by atoms with Crippen molar-refractivity contribution in [2.75, 3.05) is 19.0 Å². The van der Waals surface area contributed by atoms with Crippen LogP contribution in [0.3, 0.4) is 0 Å². The highest BCUT2D eigenvalue weighted by atomic mass is 19.1. The van der Waals surface area contributed by atoms with Crippen LogP contribution in [0.1, 0.15) is 18.4 Å². The number of methoxy groups -OCH3 is 1. The smallest absolute Gasteiger partial charge is 0.243 e. The molecule has 0 aliphatic carbocycles. The average molecular weight is 517 g/mol. The third kappa shape index (κ3) is 5.47. The zero-order chi connectivity index (χ0) is 26.5. The number of aromatic nitrogens is 4. The van der Waals surface area contributed by atoms with Gasteiger partial charge in [0.05, 0.1) is 37.5 Å². The molecule has 0 fully saturated rings. The normalized spacial score (nSPS) is 11.0. The van der Waals surface area contributed by atoms with E-state index in [1.807, 2.05) is 28.9 Å². The van der Waals surface area contributed by atoms with Gasteiger partial charge in [-0.3, -0.25) is 14.7 Å². The summed E-state index contributed by atoms with van der Waals surface area (Å²) in [6, 6.07) is 15.9. The number of halogens is 1. The lowest BCUT2D eigenvalue weighted by Gasteiger charge is -2.14. The van der Waals surface area contributed by atoms with E-state index in [-0.39, 0.29) is 18.8 Å². The molecule has 10 nitrogen and oxygen atoms in total. The molecular formula is C27H25FN6O4. The van der Waals surface area contributed by atoms with Gasteiger partial charge in [0.25, 0.3) is 0 Å². The van der Waals surface area contributed by atoms with E-state index < -0.39 is 5.91 Å². The molecule has 2 heterocycles. The van der Waals surface area contributed by atoms with Gasteiger partial charge in [0.15, 0.2) is 11.5 Å². The third-order valence-electron chi connectivity index (χ3n) is 5.98. The van der Waals surface area contributed by atoms with Crippen LogP contribution in [0.25, 0.3) is 21.8 Å². The van der Waals surface area contributed by atoms with Crippen molar-refractivity contribution in [1.82, 2.24) is 25.2 Å². The van der Waals surface area contributed by atoms with E-state index in [1.54, 1.807) is 29.9 Å². The first-order valence-corrected chi connectivity index (χ1v) is 11.9. The molecule has 11 heteroatoms. The van der Waals surface area contributed by atoms with Gasteiger partial charge in [0, 0.05) is 28.9 Å². The Hall–Kier alpha value is -4.77. The lowest BCUT2D eigenvalue weighted by molar-refractivity contribution is -0.129. The predicted molar refractivity (Wildman–Crippen MR) is 139 cm³/mol. The largest absolute Gasteiger partial charge is 0.493 e. The number of amides is 1. The molecule has 0 aliphatic rings. The van der Waals surface area contributed by atoms with Crippen molar-refractivity contribution in [3.05, 3.63) is 78.5 Å². The molecule has 3 aromatic carbocycles. The van der Waals surface area contributed by atoms with Crippen LogP contribution >= 0.6 is 0 Å². The fraction of sp³-hybridized carbons (Fsp3) is 0.185. The molecular weight excluding hydrogens is 491 g/mol. The summed E-state index contributed by atoms with van der Waals surface area (Å²) < 4.78 is 26.7. The highest BCUT2D eigenvalue weighted by Crippen LogP contribution is 2.35. The van der Waals surface area contributed by atoms with Crippen molar-refractivity contribution in [3.63, 3.8) is 0 Å². The monoisotopic (exact) mass is 516 g/mol. The van der Waals surface area contributed by atoms with Crippen molar-refractivity contribution in [3.8, 4) is 11.5 Å². The summed E-state index contributed by atoms with van der Waals surface area (Å²) in [5, 5.41) is 18.1. The van der Waals surface area contributed by atoms with Gasteiger partial charge in [-0.15, -0.1) is 0 Å². The van der Waals surface area contributed by atoms with Crippen molar-refractivity contribution < 1.29 is 23.9 Å². The van der Waals surface area contributed by atoms with Crippen LogP contribution < -0.4 is 20.3 Å². The predicted octanol–water partition coefficient (Wildman–Crippen LogP) is 4.58. The second-order valence-corrected chi connectivity index (χ2v) is 8.56. The first-order chi connectivity index (χ1) is 18.5. The zero-order valence-electron chi connectivity index (χ0n) is 20.5. The summed E-state index contributed by atoms with van der Waals surface area (Å²) in [6.07, 6.45) is 3.78. The van der Waals surface area contributed by atoms with Gasteiger partial charge >= 0.3 is 0 Å². The van der Waals surface area contributed by atoms with Gasteiger partial charge in [-0.05, 0) is 48.4 Å². The van der Waals surface area contributed by atoms with Gasteiger partial charge in [0.2, 0.25) is 5.91 Å². The van der Waals surface area contributed by atoms with E-state index in [9.17, 15) is 9.18 Å². The maximum absolute atomic E-state index is 13.6. The van der Waals surface area contributed by atoms with E-state index in [4.69, 9.17) is 14.7 Å². The fourth-order valence-corrected chi connectivity index (χ4v) is 4.14. The van der Waals surface area contributed by atoms with E-state index in [0.29, 0.717) is 35.8 Å². The minimum Gasteiger partial charge on any atom is -0.493 e. The molecule has 3 N–H and O–H groups in total. The van der Waals surface area contributed by atoms with E-state index in [2.05, 4.69) is 20.4 Å². The molecule has 0 saturated heterocycles. The molecule has 0 unspecified atom stereocenters. The van der Waals surface area contributed by atoms with E-state index in [0.717, 1.165) is 27.5 Å². The quantitative estimate of drug-likeness (QED) is 0.140. The molecule has 0 spiro atoms. The summed E-state index contributed by atoms with van der Waals surface area (Å²) in [6.45, 7) is 0.710. The molecule has 0 aliphatic heterocycles. The number of nitrogens with zero attached hydrogens (tertiary/aromatic N) is 4. The van der Waals surface area contributed by atoms with Crippen LogP contribution in [0.4, 0.5) is 15.9 Å². The Labute approximate surface area is 217 Å². The topological polar surface area (TPSA) is 123 Å². The molecule has 5 rings (SSSR count). The van der Waals surface area contributed by atoms with Gasteiger partial charge in [-0.25, -0.2) is 19.8 Å². The van der Waals surface area contributed by atoms with Crippen LogP contribution in [0.15, 0.2) is 67.1 Å². The number of carbonyl (C=O) groups is 1. The minimum atomic E-state index is -0.476. The van der Waals surface area contributed by atoms with Crippen LogP contribution in [-0.2, 0) is 11.3 Å². The molecule has 0 atom stereocenters. The Bertz CT molecular complexity index is 1610. The van der Waals surface area contributed by atoms with E-state index in [1.165, 1.54) is 25.6 Å². The fourth-order valence-electron chi connectivity index (χ4n) is 4.14.